The maximum Gasteiger partial charge on any atom is 0.293 e. The molecule has 1 aromatic rings. The third-order valence-electron chi connectivity index (χ3n) is 5.01. The van der Waals surface area contributed by atoms with E-state index in [4.69, 9.17) is 9.47 Å². The third-order valence-corrected chi connectivity index (χ3v) is 6.96. The van der Waals surface area contributed by atoms with E-state index in [9.17, 15) is 18.5 Å². The zero-order valence-electron chi connectivity index (χ0n) is 17.2. The Morgan fingerprint density at radius 3 is 2.55 bits per heavy atom. The Hall–Kier alpha value is -1.75. The molecule has 0 amide bonds. The van der Waals surface area contributed by atoms with Gasteiger partial charge in [-0.25, -0.2) is 8.42 Å². The summed E-state index contributed by atoms with van der Waals surface area (Å²) in [6, 6.07) is 3.86. The van der Waals surface area contributed by atoms with E-state index in [1.807, 2.05) is 0 Å². The van der Waals surface area contributed by atoms with Crippen LogP contribution in [0.25, 0.3) is 0 Å². The van der Waals surface area contributed by atoms with E-state index in [0.717, 1.165) is 44.8 Å². The molecule has 1 aliphatic rings. The van der Waals surface area contributed by atoms with Crippen molar-refractivity contribution in [2.75, 3.05) is 53.0 Å². The van der Waals surface area contributed by atoms with Crippen LogP contribution in [-0.4, -0.2) is 75.6 Å². The van der Waals surface area contributed by atoms with Gasteiger partial charge in [-0.15, -0.1) is 0 Å². The summed E-state index contributed by atoms with van der Waals surface area (Å²) in [5.41, 5.74) is -0.464. The molecule has 1 aromatic carbocycles. The summed E-state index contributed by atoms with van der Waals surface area (Å²) in [6.07, 6.45) is 3.72. The molecule has 0 radical (unpaired) electrons. The van der Waals surface area contributed by atoms with Crippen molar-refractivity contribution in [3.8, 4) is 5.75 Å². The van der Waals surface area contributed by atoms with Crippen LogP contribution in [0.3, 0.4) is 0 Å². The van der Waals surface area contributed by atoms with Crippen molar-refractivity contribution in [1.82, 2.24) is 9.21 Å². The smallest absolute Gasteiger partial charge is 0.293 e. The minimum atomic E-state index is -4.01. The Morgan fingerprint density at radius 1 is 1.21 bits per heavy atom. The molecule has 0 unspecified atom stereocenters. The van der Waals surface area contributed by atoms with E-state index in [2.05, 4.69) is 11.8 Å². The number of hydrogen-bond acceptors (Lipinski definition) is 7. The minimum Gasteiger partial charge on any atom is -0.497 e. The third kappa shape index (κ3) is 6.63. The number of benzene rings is 1. The lowest BCUT2D eigenvalue weighted by atomic mass is 10.2. The van der Waals surface area contributed by atoms with Crippen LogP contribution < -0.4 is 4.74 Å². The summed E-state index contributed by atoms with van der Waals surface area (Å²) >= 11 is 0. The highest BCUT2D eigenvalue weighted by Gasteiger charge is 2.32. The zero-order valence-corrected chi connectivity index (χ0v) is 18.0. The fourth-order valence-corrected chi connectivity index (χ4v) is 4.88. The lowest BCUT2D eigenvalue weighted by Gasteiger charge is -2.29. The Labute approximate surface area is 172 Å². The molecule has 1 heterocycles. The van der Waals surface area contributed by atoms with Crippen LogP contribution in [0.2, 0.25) is 0 Å². The van der Waals surface area contributed by atoms with Crippen molar-refractivity contribution < 1.29 is 22.8 Å². The first-order valence-corrected chi connectivity index (χ1v) is 11.5. The van der Waals surface area contributed by atoms with Crippen molar-refractivity contribution in [1.29, 1.82) is 0 Å². The maximum atomic E-state index is 13.3. The highest BCUT2D eigenvalue weighted by Crippen LogP contribution is 2.30. The summed E-state index contributed by atoms with van der Waals surface area (Å²) in [5.74, 6) is 0.249. The van der Waals surface area contributed by atoms with Crippen molar-refractivity contribution in [2.45, 2.75) is 37.5 Å². The van der Waals surface area contributed by atoms with Gasteiger partial charge >= 0.3 is 0 Å². The van der Waals surface area contributed by atoms with E-state index in [1.54, 1.807) is 0 Å². The Balaban J connectivity index is 2.24. The maximum absolute atomic E-state index is 13.3. The Morgan fingerprint density at radius 2 is 1.93 bits per heavy atom. The number of nitro benzene ring substituents is 1. The second-order valence-electron chi connectivity index (χ2n) is 7.01. The molecular weight excluding hydrogens is 398 g/mol. The van der Waals surface area contributed by atoms with E-state index < -0.39 is 20.6 Å². The Bertz CT molecular complexity index is 765. The van der Waals surface area contributed by atoms with Gasteiger partial charge in [-0.05, 0) is 18.6 Å². The number of hydrogen-bond donors (Lipinski definition) is 0. The summed E-state index contributed by atoms with van der Waals surface area (Å²) < 4.78 is 38.4. The number of unbranched alkanes of at least 4 members (excludes halogenated alkanes) is 3. The fourth-order valence-electron chi connectivity index (χ4n) is 3.27. The summed E-state index contributed by atoms with van der Waals surface area (Å²) in [4.78, 5) is 12.7. The van der Waals surface area contributed by atoms with Crippen LogP contribution in [-0.2, 0) is 14.8 Å². The van der Waals surface area contributed by atoms with Crippen molar-refractivity contribution in [3.63, 3.8) is 0 Å². The first-order chi connectivity index (χ1) is 13.9. The first kappa shape index (κ1) is 23.5. The minimum absolute atomic E-state index is 0.249. The number of nitrogens with zero attached hydrogens (tertiary/aromatic N) is 3. The van der Waals surface area contributed by atoms with Crippen LogP contribution in [0.1, 0.15) is 32.6 Å². The number of nitro groups is 1. The molecule has 0 aromatic heterocycles. The van der Waals surface area contributed by atoms with Crippen LogP contribution in [0.4, 0.5) is 5.69 Å². The van der Waals surface area contributed by atoms with Gasteiger partial charge in [0, 0.05) is 32.7 Å². The lowest BCUT2D eigenvalue weighted by Crippen LogP contribution is -2.43. The fraction of sp³-hybridized carbons (Fsp3) is 0.684. The van der Waals surface area contributed by atoms with Gasteiger partial charge in [-0.2, -0.15) is 4.31 Å². The highest BCUT2D eigenvalue weighted by atomic mass is 32.2. The van der Waals surface area contributed by atoms with E-state index in [-0.39, 0.29) is 17.2 Å². The van der Waals surface area contributed by atoms with E-state index in [0.29, 0.717) is 26.3 Å². The average molecular weight is 430 g/mol. The van der Waals surface area contributed by atoms with Crippen molar-refractivity contribution in [3.05, 3.63) is 28.3 Å². The summed E-state index contributed by atoms with van der Waals surface area (Å²) in [5, 5.41) is 11.5. The number of rotatable bonds is 12. The molecule has 29 heavy (non-hydrogen) atoms. The number of methoxy groups -OCH3 is 1. The molecule has 164 valence electrons. The summed E-state index contributed by atoms with van der Waals surface area (Å²) in [6.45, 7) is 6.07. The van der Waals surface area contributed by atoms with Gasteiger partial charge in [0.25, 0.3) is 5.69 Å². The molecule has 1 aliphatic heterocycles. The van der Waals surface area contributed by atoms with Gasteiger partial charge in [0.1, 0.15) is 5.75 Å². The summed E-state index contributed by atoms with van der Waals surface area (Å²) in [7, 11) is -2.63. The van der Waals surface area contributed by atoms with Gasteiger partial charge in [0.15, 0.2) is 4.90 Å². The molecule has 10 heteroatoms. The Kier molecular flexibility index (Phi) is 9.28. The number of sulfonamides is 1. The second kappa shape index (κ2) is 11.4. The van der Waals surface area contributed by atoms with Crippen molar-refractivity contribution in [2.24, 2.45) is 0 Å². The largest absolute Gasteiger partial charge is 0.497 e. The second-order valence-corrected chi connectivity index (χ2v) is 8.92. The van der Waals surface area contributed by atoms with Gasteiger partial charge < -0.3 is 9.47 Å². The van der Waals surface area contributed by atoms with Crippen LogP contribution in [0, 0.1) is 10.1 Å². The highest BCUT2D eigenvalue weighted by molar-refractivity contribution is 7.89. The molecule has 1 fully saturated rings. The van der Waals surface area contributed by atoms with Crippen LogP contribution in [0.5, 0.6) is 5.75 Å². The molecule has 9 nitrogen and oxygen atoms in total. The molecule has 1 saturated heterocycles. The number of ether oxygens (including phenoxy) is 2. The predicted molar refractivity (Wildman–Crippen MR) is 110 cm³/mol. The molecule has 0 aliphatic carbocycles. The topological polar surface area (TPSA) is 102 Å². The van der Waals surface area contributed by atoms with Crippen LogP contribution in [0.15, 0.2) is 23.1 Å². The normalized spacial score (nSPS) is 15.6. The van der Waals surface area contributed by atoms with E-state index >= 15 is 0 Å². The van der Waals surface area contributed by atoms with Gasteiger partial charge in [-0.3, -0.25) is 15.0 Å². The molecule has 0 atom stereocenters. The molecular formula is C19H31N3O6S. The number of morpholine rings is 1. The molecule has 0 saturated carbocycles. The molecule has 0 bridgehead atoms. The molecule has 0 spiro atoms. The predicted octanol–water partition coefficient (Wildman–Crippen LogP) is 2.51. The van der Waals surface area contributed by atoms with Gasteiger partial charge in [0.2, 0.25) is 10.0 Å². The molecule has 0 N–H and O–H groups in total. The van der Waals surface area contributed by atoms with Crippen LogP contribution >= 0.6 is 0 Å². The molecule has 2 rings (SSSR count). The lowest BCUT2D eigenvalue weighted by molar-refractivity contribution is -0.387. The van der Waals surface area contributed by atoms with Gasteiger partial charge in [0.05, 0.1) is 31.3 Å². The standard InChI is InChI=1S/C19H31N3O6S/c1-3-4-5-6-9-21(11-10-20-12-14-28-15-13-20)29(25,26)19-8-7-17(27-2)16-18(19)22(23)24/h7-8,16H,3-6,9-15H2,1-2H3. The van der Waals surface area contributed by atoms with Gasteiger partial charge in [-0.1, -0.05) is 26.2 Å². The first-order valence-electron chi connectivity index (χ1n) is 10.0. The monoisotopic (exact) mass is 429 g/mol. The average Bonchev–Trinajstić information content (AvgIpc) is 2.73. The SMILES string of the molecule is CCCCCCN(CCN1CCOCC1)S(=O)(=O)c1ccc(OC)cc1[N+](=O)[O-]. The van der Waals surface area contributed by atoms with E-state index in [1.165, 1.54) is 23.5 Å². The zero-order chi connectivity index (χ0) is 21.3. The quantitative estimate of drug-likeness (QED) is 0.286. The van der Waals surface area contributed by atoms with Crippen molar-refractivity contribution >= 4 is 15.7 Å².